The van der Waals surface area contributed by atoms with E-state index in [4.69, 9.17) is 45.0 Å². The summed E-state index contributed by atoms with van der Waals surface area (Å²) < 4.78 is 0. The van der Waals surface area contributed by atoms with Crippen molar-refractivity contribution in [3.8, 4) is 5.75 Å². The highest BCUT2D eigenvalue weighted by molar-refractivity contribution is 6.50. The number of aromatic carboxylic acids is 2. The molecule has 1 aromatic heterocycles. The summed E-state index contributed by atoms with van der Waals surface area (Å²) in [6.07, 6.45) is 0. The smallest absolute Gasteiger partial charge is 0.355 e. The van der Waals surface area contributed by atoms with Crippen molar-refractivity contribution in [1.82, 2.24) is 4.98 Å². The maximum absolute atomic E-state index is 11.1. The van der Waals surface area contributed by atoms with Crippen molar-refractivity contribution in [2.75, 3.05) is 0 Å². The average Bonchev–Trinajstić information content (AvgIpc) is 2.34. The Morgan fingerprint density at radius 3 is 2.15 bits per heavy atom. The highest BCUT2D eigenvalue weighted by Crippen LogP contribution is 2.41. The van der Waals surface area contributed by atoms with E-state index in [-0.39, 0.29) is 26.0 Å². The molecule has 0 atom stereocenters. The van der Waals surface area contributed by atoms with Crippen LogP contribution in [0.2, 0.25) is 15.1 Å². The third-order valence-corrected chi connectivity index (χ3v) is 3.76. The zero-order valence-corrected chi connectivity index (χ0v) is 11.6. The Balaban J connectivity index is 3.06. The number of benzene rings is 1. The highest BCUT2D eigenvalue weighted by Gasteiger charge is 2.27. The van der Waals surface area contributed by atoms with Crippen molar-refractivity contribution in [1.29, 1.82) is 0 Å². The van der Waals surface area contributed by atoms with Gasteiger partial charge in [0.25, 0.3) is 0 Å². The molecule has 0 unspecified atom stereocenters. The van der Waals surface area contributed by atoms with Gasteiger partial charge < -0.3 is 15.3 Å². The minimum Gasteiger partial charge on any atom is -0.506 e. The first-order chi connectivity index (χ1) is 9.25. The lowest BCUT2D eigenvalue weighted by Crippen LogP contribution is -2.11. The Hall–Kier alpha value is -1.76. The highest BCUT2D eigenvalue weighted by atomic mass is 35.5. The maximum atomic E-state index is 11.1. The van der Waals surface area contributed by atoms with Crippen LogP contribution in [0.3, 0.4) is 0 Å². The molecule has 2 rings (SSSR count). The van der Waals surface area contributed by atoms with Gasteiger partial charge in [-0.2, -0.15) is 0 Å². The largest absolute Gasteiger partial charge is 0.506 e. The Bertz CT molecular complexity index is 775. The molecule has 9 heteroatoms. The van der Waals surface area contributed by atoms with Gasteiger partial charge in [0.15, 0.2) is 5.69 Å². The van der Waals surface area contributed by atoms with Gasteiger partial charge in [0.1, 0.15) is 11.3 Å². The van der Waals surface area contributed by atoms with Crippen molar-refractivity contribution < 1.29 is 24.9 Å². The molecule has 0 spiro atoms. The molecule has 20 heavy (non-hydrogen) atoms. The molecule has 6 nitrogen and oxygen atoms in total. The fourth-order valence-electron chi connectivity index (χ4n) is 1.67. The van der Waals surface area contributed by atoms with E-state index in [1.54, 1.807) is 0 Å². The van der Waals surface area contributed by atoms with E-state index in [1.165, 1.54) is 6.07 Å². The lowest BCUT2D eigenvalue weighted by atomic mass is 10.1. The summed E-state index contributed by atoms with van der Waals surface area (Å²) in [6.45, 7) is 0. The molecule has 0 saturated carbocycles. The number of pyridine rings is 1. The van der Waals surface area contributed by atoms with E-state index >= 15 is 0 Å². The molecule has 2 aromatic rings. The maximum Gasteiger partial charge on any atom is 0.355 e. The summed E-state index contributed by atoms with van der Waals surface area (Å²) >= 11 is 17.5. The number of aromatic nitrogens is 1. The quantitative estimate of drug-likeness (QED) is 0.726. The van der Waals surface area contributed by atoms with E-state index in [1.807, 2.05) is 0 Å². The van der Waals surface area contributed by atoms with Gasteiger partial charge in [-0.05, 0) is 6.07 Å². The van der Waals surface area contributed by atoms with Crippen LogP contribution in [0.5, 0.6) is 5.75 Å². The summed E-state index contributed by atoms with van der Waals surface area (Å²) in [5, 5.41) is 27.5. The van der Waals surface area contributed by atoms with Crippen LogP contribution in [-0.4, -0.2) is 32.2 Å². The zero-order valence-electron chi connectivity index (χ0n) is 9.32. The molecule has 1 aromatic carbocycles. The molecule has 0 amide bonds. The number of nitrogens with zero attached hydrogens (tertiary/aromatic N) is 1. The Morgan fingerprint density at radius 1 is 1.05 bits per heavy atom. The van der Waals surface area contributed by atoms with Crippen LogP contribution in [0, 0.1) is 0 Å². The molecule has 1 heterocycles. The van der Waals surface area contributed by atoms with Gasteiger partial charge in [0.05, 0.1) is 26.0 Å². The summed E-state index contributed by atoms with van der Waals surface area (Å²) in [7, 11) is 0. The van der Waals surface area contributed by atoms with E-state index < -0.39 is 28.9 Å². The first-order valence-electron chi connectivity index (χ1n) is 4.92. The van der Waals surface area contributed by atoms with E-state index in [9.17, 15) is 14.7 Å². The average molecular weight is 337 g/mol. The second-order valence-electron chi connectivity index (χ2n) is 3.67. The minimum atomic E-state index is -1.66. The molecular weight excluding hydrogens is 332 g/mol. The number of halogens is 3. The molecule has 0 aliphatic rings. The van der Waals surface area contributed by atoms with Crippen LogP contribution in [0.15, 0.2) is 6.07 Å². The lowest BCUT2D eigenvalue weighted by Gasteiger charge is -2.10. The van der Waals surface area contributed by atoms with Crippen molar-refractivity contribution in [3.63, 3.8) is 0 Å². The second kappa shape index (κ2) is 4.97. The first-order valence-corrected chi connectivity index (χ1v) is 6.05. The Kier molecular flexibility index (Phi) is 3.64. The number of carboxylic acids is 2. The predicted octanol–water partition coefficient (Wildman–Crippen LogP) is 3.30. The van der Waals surface area contributed by atoms with Crippen molar-refractivity contribution in [3.05, 3.63) is 32.4 Å². The van der Waals surface area contributed by atoms with Crippen LogP contribution in [0.1, 0.15) is 20.8 Å². The normalized spacial score (nSPS) is 10.8. The molecule has 3 N–H and O–H groups in total. The topological polar surface area (TPSA) is 108 Å². The number of hydrogen-bond donors (Lipinski definition) is 3. The minimum absolute atomic E-state index is 0.00418. The Morgan fingerprint density at radius 2 is 1.65 bits per heavy atom. The number of hydrogen-bond acceptors (Lipinski definition) is 4. The summed E-state index contributed by atoms with van der Waals surface area (Å²) in [5.41, 5.74) is -1.77. The molecular formula is C11H4Cl3NO5. The van der Waals surface area contributed by atoms with E-state index in [0.29, 0.717) is 0 Å². The number of fused-ring (bicyclic) bond motifs is 1. The fourth-order valence-corrected chi connectivity index (χ4v) is 2.35. The van der Waals surface area contributed by atoms with Crippen molar-refractivity contribution in [2.45, 2.75) is 0 Å². The standard InChI is InChI=1S/C11H4Cl3NO5/c12-2-1-3-4(7(14)6(2)13)9(16)5(10(17)18)8(15-3)11(19)20/h1H,(H,15,16)(H,17,18)(H,19,20). The zero-order chi connectivity index (χ0) is 15.2. The number of aromatic hydroxyl groups is 1. The molecule has 0 aliphatic heterocycles. The van der Waals surface area contributed by atoms with Crippen LogP contribution >= 0.6 is 34.8 Å². The molecule has 0 saturated heterocycles. The number of carbonyl (C=O) groups is 2. The van der Waals surface area contributed by atoms with Gasteiger partial charge in [-0.1, -0.05) is 34.8 Å². The number of carboxylic acid groups (broad SMARTS) is 2. The van der Waals surface area contributed by atoms with Gasteiger partial charge in [-0.25, -0.2) is 14.6 Å². The van der Waals surface area contributed by atoms with Crippen molar-refractivity contribution >= 4 is 57.6 Å². The molecule has 0 fully saturated rings. The summed E-state index contributed by atoms with van der Waals surface area (Å²) in [4.78, 5) is 25.8. The monoisotopic (exact) mass is 335 g/mol. The van der Waals surface area contributed by atoms with Crippen molar-refractivity contribution in [2.24, 2.45) is 0 Å². The molecule has 104 valence electrons. The van der Waals surface area contributed by atoms with Crippen LogP contribution in [0.25, 0.3) is 10.9 Å². The van der Waals surface area contributed by atoms with E-state index in [0.717, 1.165) is 0 Å². The third-order valence-electron chi connectivity index (χ3n) is 2.50. The summed E-state index contributed by atoms with van der Waals surface area (Å²) in [6, 6.07) is 1.18. The van der Waals surface area contributed by atoms with E-state index in [2.05, 4.69) is 4.98 Å². The Labute approximate surface area is 126 Å². The first kappa shape index (κ1) is 14.6. The second-order valence-corrected chi connectivity index (χ2v) is 4.84. The van der Waals surface area contributed by atoms with Gasteiger partial charge in [-0.3, -0.25) is 0 Å². The molecule has 0 aliphatic carbocycles. The van der Waals surface area contributed by atoms with Gasteiger partial charge >= 0.3 is 11.9 Å². The van der Waals surface area contributed by atoms with Gasteiger partial charge in [-0.15, -0.1) is 0 Å². The molecule has 0 radical (unpaired) electrons. The van der Waals surface area contributed by atoms with Crippen LogP contribution < -0.4 is 0 Å². The third kappa shape index (κ3) is 2.11. The summed E-state index contributed by atoms with van der Waals surface area (Å²) in [5.74, 6) is -4.10. The lowest BCUT2D eigenvalue weighted by molar-refractivity contribution is 0.0644. The predicted molar refractivity (Wildman–Crippen MR) is 72.4 cm³/mol. The van der Waals surface area contributed by atoms with Gasteiger partial charge in [0, 0.05) is 0 Å². The van der Waals surface area contributed by atoms with Gasteiger partial charge in [0.2, 0.25) is 0 Å². The number of rotatable bonds is 2. The SMILES string of the molecule is O=C(O)c1nc2cc(Cl)c(Cl)c(Cl)c2c(O)c1C(=O)O. The molecule has 0 bridgehead atoms. The fraction of sp³-hybridized carbons (Fsp3) is 0. The van der Waals surface area contributed by atoms with Crippen LogP contribution in [0.4, 0.5) is 0 Å². The van der Waals surface area contributed by atoms with Crippen LogP contribution in [-0.2, 0) is 0 Å².